The largest absolute Gasteiger partial charge is 0.106 e. The van der Waals surface area contributed by atoms with Gasteiger partial charge in [-0.2, -0.15) is 0 Å². The first-order chi connectivity index (χ1) is 5.91. The molecular weight excluding hydrogens is 144 g/mol. The average Bonchev–Trinajstić information content (AvgIpc) is 2.93. The van der Waals surface area contributed by atoms with Gasteiger partial charge in [0.25, 0.3) is 0 Å². The van der Waals surface area contributed by atoms with Gasteiger partial charge in [0.15, 0.2) is 0 Å². The van der Waals surface area contributed by atoms with Crippen LogP contribution in [0.25, 0.3) is 0 Å². The summed E-state index contributed by atoms with van der Waals surface area (Å²) in [6, 6.07) is 0. The summed E-state index contributed by atoms with van der Waals surface area (Å²) in [5.74, 6) is 0. The second-order valence-electron chi connectivity index (χ2n) is 2.47. The fraction of sp³-hybridized carbons (Fsp3) is 0.667. The van der Waals surface area contributed by atoms with E-state index in [1.165, 1.54) is 19.3 Å². The summed E-state index contributed by atoms with van der Waals surface area (Å²) in [4.78, 5) is 0. The topological polar surface area (TPSA) is 0 Å². The van der Waals surface area contributed by atoms with E-state index >= 15 is 0 Å². The third kappa shape index (κ3) is 4.38. The molecule has 1 fully saturated rings. The molecule has 72 valence electrons. The van der Waals surface area contributed by atoms with E-state index in [1.54, 1.807) is 0 Å². The predicted molar refractivity (Wildman–Crippen MR) is 59.4 cm³/mol. The molecule has 0 unspecified atom stereocenters. The monoisotopic (exact) mass is 168 g/mol. The van der Waals surface area contributed by atoms with E-state index in [0.717, 1.165) is 5.41 Å². The highest BCUT2D eigenvalue weighted by Gasteiger charge is 2.42. The zero-order valence-corrected chi connectivity index (χ0v) is 9.19. The Bertz CT molecular complexity index is 107. The highest BCUT2D eigenvalue weighted by atomic mass is 14.5. The van der Waals surface area contributed by atoms with Crippen LogP contribution < -0.4 is 0 Å². The summed E-state index contributed by atoms with van der Waals surface area (Å²) in [7, 11) is 0. The lowest BCUT2D eigenvalue weighted by atomic mass is 9.92. The van der Waals surface area contributed by atoms with Crippen molar-refractivity contribution in [3.63, 3.8) is 0 Å². The Hall–Kier alpha value is -0.520. The average molecular weight is 168 g/mol. The van der Waals surface area contributed by atoms with Crippen LogP contribution in [0.5, 0.6) is 0 Å². The van der Waals surface area contributed by atoms with Crippen LogP contribution in [-0.4, -0.2) is 0 Å². The van der Waals surface area contributed by atoms with E-state index in [9.17, 15) is 0 Å². The van der Waals surface area contributed by atoms with Gasteiger partial charge in [0.05, 0.1) is 0 Å². The fourth-order valence-corrected chi connectivity index (χ4v) is 0.983. The molecule has 0 amide bonds. The molecule has 0 aromatic rings. The summed E-state index contributed by atoms with van der Waals surface area (Å²) in [6.45, 7) is 14.0. The Kier molecular flexibility index (Phi) is 10.0. The van der Waals surface area contributed by atoms with Crippen molar-refractivity contribution in [3.05, 3.63) is 25.3 Å². The summed E-state index contributed by atoms with van der Waals surface area (Å²) in [6.07, 6.45) is 8.96. The SMILES string of the molecule is C1=CC2(C1)CC2.C=C.CC.CC. The minimum Gasteiger partial charge on any atom is -0.106 e. The Labute approximate surface area is 78.4 Å². The molecule has 2 aliphatic rings. The maximum atomic E-state index is 3.00. The second kappa shape index (κ2) is 8.58. The Balaban J connectivity index is 0. The summed E-state index contributed by atoms with van der Waals surface area (Å²) < 4.78 is 0. The summed E-state index contributed by atoms with van der Waals surface area (Å²) in [5.41, 5.74) is 0.792. The van der Waals surface area contributed by atoms with Crippen LogP contribution in [0.2, 0.25) is 0 Å². The molecule has 0 nitrogen and oxygen atoms in total. The number of hydrogen-bond donors (Lipinski definition) is 0. The highest BCUT2D eigenvalue weighted by Crippen LogP contribution is 2.55. The quantitative estimate of drug-likeness (QED) is 0.464. The van der Waals surface area contributed by atoms with Gasteiger partial charge in [-0.3, -0.25) is 0 Å². The van der Waals surface area contributed by atoms with Crippen LogP contribution in [0.15, 0.2) is 25.3 Å². The first kappa shape index (κ1) is 14.0. The third-order valence-electron chi connectivity index (χ3n) is 1.89. The Morgan fingerprint density at radius 1 is 1.00 bits per heavy atom. The molecule has 0 aromatic heterocycles. The molecular formula is C12H24. The number of hydrogen-bond acceptors (Lipinski definition) is 0. The maximum Gasteiger partial charge on any atom is -0.00831 e. The van der Waals surface area contributed by atoms with Crippen molar-refractivity contribution in [2.24, 2.45) is 5.41 Å². The van der Waals surface area contributed by atoms with Crippen molar-refractivity contribution in [2.45, 2.75) is 47.0 Å². The molecule has 0 bridgehead atoms. The molecule has 1 saturated carbocycles. The van der Waals surface area contributed by atoms with E-state index in [-0.39, 0.29) is 0 Å². The minimum absolute atomic E-state index is 0.792. The van der Waals surface area contributed by atoms with Gasteiger partial charge in [0, 0.05) is 0 Å². The van der Waals surface area contributed by atoms with E-state index in [4.69, 9.17) is 0 Å². The maximum absolute atomic E-state index is 3.00. The fourth-order valence-electron chi connectivity index (χ4n) is 0.983. The molecule has 0 saturated heterocycles. The smallest absolute Gasteiger partial charge is 0.00831 e. The molecule has 12 heavy (non-hydrogen) atoms. The van der Waals surface area contributed by atoms with Crippen LogP contribution in [0, 0.1) is 5.41 Å². The van der Waals surface area contributed by atoms with Crippen molar-refractivity contribution < 1.29 is 0 Å². The summed E-state index contributed by atoms with van der Waals surface area (Å²) >= 11 is 0. The zero-order valence-electron chi connectivity index (χ0n) is 9.19. The van der Waals surface area contributed by atoms with Gasteiger partial charge in [0.2, 0.25) is 0 Å². The molecule has 0 radical (unpaired) electrons. The first-order valence-corrected chi connectivity index (χ1v) is 5.09. The molecule has 0 heterocycles. The first-order valence-electron chi connectivity index (χ1n) is 5.09. The van der Waals surface area contributed by atoms with Crippen LogP contribution in [-0.2, 0) is 0 Å². The van der Waals surface area contributed by atoms with Crippen LogP contribution in [0.1, 0.15) is 47.0 Å². The van der Waals surface area contributed by atoms with E-state index < -0.39 is 0 Å². The third-order valence-corrected chi connectivity index (χ3v) is 1.89. The van der Waals surface area contributed by atoms with Crippen LogP contribution >= 0.6 is 0 Å². The van der Waals surface area contributed by atoms with Crippen molar-refractivity contribution in [1.82, 2.24) is 0 Å². The van der Waals surface area contributed by atoms with E-state index in [2.05, 4.69) is 25.3 Å². The predicted octanol–water partition coefficient (Wildman–Crippen LogP) is 4.58. The highest BCUT2D eigenvalue weighted by molar-refractivity contribution is 5.20. The van der Waals surface area contributed by atoms with Crippen molar-refractivity contribution in [2.75, 3.05) is 0 Å². The molecule has 2 aliphatic carbocycles. The molecule has 0 atom stereocenters. The molecule has 2 rings (SSSR count). The van der Waals surface area contributed by atoms with E-state index in [1.807, 2.05) is 27.7 Å². The molecule has 1 spiro atoms. The van der Waals surface area contributed by atoms with Gasteiger partial charge in [-0.05, 0) is 24.7 Å². The summed E-state index contributed by atoms with van der Waals surface area (Å²) in [5, 5.41) is 0. The molecule has 0 heteroatoms. The number of rotatable bonds is 0. The van der Waals surface area contributed by atoms with Gasteiger partial charge in [0.1, 0.15) is 0 Å². The van der Waals surface area contributed by atoms with Gasteiger partial charge in [-0.1, -0.05) is 39.8 Å². The van der Waals surface area contributed by atoms with Crippen LogP contribution in [0.4, 0.5) is 0 Å². The van der Waals surface area contributed by atoms with Gasteiger partial charge in [-0.25, -0.2) is 0 Å². The van der Waals surface area contributed by atoms with Crippen LogP contribution in [0.3, 0.4) is 0 Å². The molecule has 0 aliphatic heterocycles. The Morgan fingerprint density at radius 2 is 1.33 bits per heavy atom. The van der Waals surface area contributed by atoms with Crippen molar-refractivity contribution in [3.8, 4) is 0 Å². The lowest BCUT2D eigenvalue weighted by Gasteiger charge is -2.13. The Morgan fingerprint density at radius 3 is 1.33 bits per heavy atom. The van der Waals surface area contributed by atoms with Gasteiger partial charge in [-0.15, -0.1) is 13.2 Å². The van der Waals surface area contributed by atoms with Crippen molar-refractivity contribution in [1.29, 1.82) is 0 Å². The van der Waals surface area contributed by atoms with Gasteiger partial charge >= 0.3 is 0 Å². The van der Waals surface area contributed by atoms with Gasteiger partial charge < -0.3 is 0 Å². The van der Waals surface area contributed by atoms with Crippen molar-refractivity contribution >= 4 is 0 Å². The lowest BCUT2D eigenvalue weighted by Crippen LogP contribution is -2.00. The molecule has 0 N–H and O–H groups in total. The van der Waals surface area contributed by atoms with E-state index in [0.29, 0.717) is 0 Å². The zero-order chi connectivity index (χ0) is 10.0. The minimum atomic E-state index is 0.792. The normalized spacial score (nSPS) is 18.0. The second-order valence-corrected chi connectivity index (χ2v) is 2.47. The standard InChI is InChI=1S/C6H8.2C2H6.C2H4/c1-2-6(3-1)4-5-6;3*1-2/h1-2H,3-5H2;2*1-2H3;1-2H2. The molecule has 0 aromatic carbocycles. The number of allylic oxidation sites excluding steroid dienone is 2. The lowest BCUT2D eigenvalue weighted by molar-refractivity contribution is 0.606.